The molecule has 1 aliphatic heterocycles. The molecule has 3 amide bonds. The summed E-state index contributed by atoms with van der Waals surface area (Å²) in [5.74, 6) is -2.72. The van der Waals surface area contributed by atoms with Crippen molar-refractivity contribution in [3.63, 3.8) is 0 Å². The number of rotatable bonds is 13. The van der Waals surface area contributed by atoms with E-state index in [4.69, 9.17) is 0 Å². The Kier molecular flexibility index (Phi) is 11.2. The molecule has 5 N–H and O–H groups in total. The van der Waals surface area contributed by atoms with E-state index < -0.39 is 42.0 Å². The first kappa shape index (κ1) is 33.9. The summed E-state index contributed by atoms with van der Waals surface area (Å²) >= 11 is 0. The predicted molar refractivity (Wildman–Crippen MR) is 181 cm³/mol. The molecule has 0 spiro atoms. The number of hydrogen-bond acceptors (Lipinski definition) is 6. The second kappa shape index (κ2) is 15.9. The standard InChI is InChI=1S/C38H40N4O6/c1-42-24-29-15-9-8-14-28(29)23-34(42)37(46)40-32(21-27-16-18-30(43)19-17-27)35(44)39-31(20-25-10-4-2-5-11-25)36(45)41-33(38(47)48)22-26-12-6-3-7-13-26/h2-19,31-34,43H,20-24H2,1H3,(H,39,44)(H,40,46)(H,41,45)(H,47,48)/t31-,32-,33-,34-/m0/s1. The van der Waals surface area contributed by atoms with Gasteiger partial charge in [-0.05, 0) is 53.4 Å². The number of likely N-dealkylation sites (N-methyl/N-ethyl adjacent to an activating group) is 1. The normalized spacial score (nSPS) is 16.1. The van der Waals surface area contributed by atoms with Gasteiger partial charge in [-0.1, -0.05) is 97.1 Å². The second-order valence-corrected chi connectivity index (χ2v) is 12.2. The highest BCUT2D eigenvalue weighted by molar-refractivity contribution is 5.94. The molecule has 0 saturated carbocycles. The zero-order valence-corrected chi connectivity index (χ0v) is 26.7. The van der Waals surface area contributed by atoms with Gasteiger partial charge < -0.3 is 26.2 Å². The molecule has 10 heteroatoms. The number of benzene rings is 4. The monoisotopic (exact) mass is 648 g/mol. The molecule has 48 heavy (non-hydrogen) atoms. The molecule has 0 unspecified atom stereocenters. The third-order valence-electron chi connectivity index (χ3n) is 8.61. The lowest BCUT2D eigenvalue weighted by molar-refractivity contribution is -0.142. The van der Waals surface area contributed by atoms with Gasteiger partial charge in [-0.2, -0.15) is 0 Å². The number of carbonyl (C=O) groups excluding carboxylic acids is 3. The van der Waals surface area contributed by atoms with Gasteiger partial charge in [0, 0.05) is 25.8 Å². The Labute approximate surface area is 279 Å². The molecule has 0 fully saturated rings. The van der Waals surface area contributed by atoms with E-state index in [9.17, 15) is 29.4 Å². The lowest BCUT2D eigenvalue weighted by atomic mass is 9.93. The molecule has 0 bridgehead atoms. The van der Waals surface area contributed by atoms with Crippen molar-refractivity contribution in [2.75, 3.05) is 7.05 Å². The number of fused-ring (bicyclic) bond motifs is 1. The van der Waals surface area contributed by atoms with E-state index in [-0.39, 0.29) is 30.9 Å². The SMILES string of the molecule is CN1Cc2ccccc2C[C@H]1C(=O)N[C@@H](Cc1ccc(O)cc1)C(=O)N[C@@H](Cc1ccccc1)C(=O)N[C@@H](Cc1ccccc1)C(=O)O. The summed E-state index contributed by atoms with van der Waals surface area (Å²) in [5.41, 5.74) is 4.39. The first-order valence-corrected chi connectivity index (χ1v) is 15.9. The first-order valence-electron chi connectivity index (χ1n) is 15.9. The molecule has 0 radical (unpaired) electrons. The minimum atomic E-state index is -1.23. The molecular weight excluding hydrogens is 608 g/mol. The Balaban J connectivity index is 1.37. The fourth-order valence-electron chi connectivity index (χ4n) is 5.95. The highest BCUT2D eigenvalue weighted by atomic mass is 16.4. The van der Waals surface area contributed by atoms with Crippen molar-refractivity contribution in [3.8, 4) is 5.75 Å². The third-order valence-corrected chi connectivity index (χ3v) is 8.61. The van der Waals surface area contributed by atoms with Crippen molar-refractivity contribution in [1.29, 1.82) is 0 Å². The zero-order valence-electron chi connectivity index (χ0n) is 26.7. The van der Waals surface area contributed by atoms with Crippen molar-refractivity contribution in [2.24, 2.45) is 0 Å². The minimum Gasteiger partial charge on any atom is -0.508 e. The Bertz CT molecular complexity index is 1710. The Morgan fingerprint density at radius 1 is 0.646 bits per heavy atom. The van der Waals surface area contributed by atoms with Crippen LogP contribution in [0.25, 0.3) is 0 Å². The number of carbonyl (C=O) groups is 4. The highest BCUT2D eigenvalue weighted by Crippen LogP contribution is 2.22. The van der Waals surface area contributed by atoms with Gasteiger partial charge in [-0.15, -0.1) is 0 Å². The summed E-state index contributed by atoms with van der Waals surface area (Å²) in [4.78, 5) is 55.7. The number of amides is 3. The van der Waals surface area contributed by atoms with Crippen molar-refractivity contribution < 1.29 is 29.4 Å². The van der Waals surface area contributed by atoms with Gasteiger partial charge in [-0.25, -0.2) is 4.79 Å². The number of nitrogens with one attached hydrogen (secondary N) is 3. The van der Waals surface area contributed by atoms with Crippen LogP contribution < -0.4 is 16.0 Å². The number of carboxylic acids is 1. The van der Waals surface area contributed by atoms with Crippen molar-refractivity contribution in [3.05, 3.63) is 137 Å². The number of hydrogen-bond donors (Lipinski definition) is 5. The molecule has 4 atom stereocenters. The van der Waals surface area contributed by atoms with Gasteiger partial charge in [0.2, 0.25) is 17.7 Å². The van der Waals surface area contributed by atoms with Crippen molar-refractivity contribution >= 4 is 23.7 Å². The summed E-state index contributed by atoms with van der Waals surface area (Å²) in [5, 5.41) is 28.1. The molecule has 4 aromatic carbocycles. The fourth-order valence-corrected chi connectivity index (χ4v) is 5.95. The average Bonchev–Trinajstić information content (AvgIpc) is 3.08. The van der Waals surface area contributed by atoms with Crippen LogP contribution in [0.1, 0.15) is 27.8 Å². The van der Waals surface area contributed by atoms with Crippen LogP contribution in [-0.4, -0.2) is 70.0 Å². The molecule has 10 nitrogen and oxygen atoms in total. The maximum absolute atomic E-state index is 14.0. The van der Waals surface area contributed by atoms with Crippen LogP contribution in [0.2, 0.25) is 0 Å². The summed E-state index contributed by atoms with van der Waals surface area (Å²) in [6.45, 7) is 0.579. The van der Waals surface area contributed by atoms with Crippen LogP contribution >= 0.6 is 0 Å². The van der Waals surface area contributed by atoms with E-state index in [0.29, 0.717) is 18.5 Å². The second-order valence-electron chi connectivity index (χ2n) is 12.2. The van der Waals surface area contributed by atoms with Crippen LogP contribution in [0.5, 0.6) is 5.75 Å². The molecule has 5 rings (SSSR count). The van der Waals surface area contributed by atoms with E-state index in [1.807, 2.05) is 72.6 Å². The Morgan fingerprint density at radius 3 is 1.67 bits per heavy atom. The first-order chi connectivity index (χ1) is 23.2. The van der Waals surface area contributed by atoms with Gasteiger partial charge in [0.05, 0.1) is 6.04 Å². The molecule has 0 aliphatic carbocycles. The van der Waals surface area contributed by atoms with Gasteiger partial charge in [0.15, 0.2) is 0 Å². The smallest absolute Gasteiger partial charge is 0.326 e. The van der Waals surface area contributed by atoms with E-state index in [1.54, 1.807) is 36.4 Å². The van der Waals surface area contributed by atoms with Crippen molar-refractivity contribution in [1.82, 2.24) is 20.9 Å². The topological polar surface area (TPSA) is 148 Å². The maximum atomic E-state index is 14.0. The van der Waals surface area contributed by atoms with Crippen LogP contribution in [0.3, 0.4) is 0 Å². The van der Waals surface area contributed by atoms with Crippen LogP contribution in [0.15, 0.2) is 109 Å². The maximum Gasteiger partial charge on any atom is 0.326 e. The summed E-state index contributed by atoms with van der Waals surface area (Å²) < 4.78 is 0. The Hall–Kier alpha value is -5.48. The Morgan fingerprint density at radius 2 is 1.10 bits per heavy atom. The molecule has 0 saturated heterocycles. The predicted octanol–water partition coefficient (Wildman–Crippen LogP) is 3.02. The van der Waals surface area contributed by atoms with Crippen LogP contribution in [0, 0.1) is 0 Å². The van der Waals surface area contributed by atoms with E-state index in [0.717, 1.165) is 22.3 Å². The molecular formula is C38H40N4O6. The van der Waals surface area contributed by atoms with Gasteiger partial charge >= 0.3 is 5.97 Å². The van der Waals surface area contributed by atoms with E-state index in [2.05, 4.69) is 16.0 Å². The number of phenolic OH excluding ortho intramolecular Hbond substituents is 1. The number of phenols is 1. The van der Waals surface area contributed by atoms with E-state index in [1.165, 1.54) is 12.1 Å². The van der Waals surface area contributed by atoms with Crippen LogP contribution in [-0.2, 0) is 51.4 Å². The zero-order chi connectivity index (χ0) is 34.0. The number of nitrogens with zero attached hydrogens (tertiary/aromatic N) is 1. The number of carboxylic acid groups (broad SMARTS) is 1. The lowest BCUT2D eigenvalue weighted by Crippen LogP contribution is -2.59. The molecule has 4 aromatic rings. The molecule has 1 heterocycles. The quantitative estimate of drug-likeness (QED) is 0.150. The van der Waals surface area contributed by atoms with E-state index >= 15 is 0 Å². The summed E-state index contributed by atoms with van der Waals surface area (Å²) in [6.07, 6.45) is 0.725. The largest absolute Gasteiger partial charge is 0.508 e. The van der Waals surface area contributed by atoms with Gasteiger partial charge in [-0.3, -0.25) is 19.3 Å². The highest BCUT2D eigenvalue weighted by Gasteiger charge is 2.34. The number of aliphatic carboxylic acids is 1. The lowest BCUT2D eigenvalue weighted by Gasteiger charge is -2.34. The summed E-state index contributed by atoms with van der Waals surface area (Å²) in [6, 6.07) is 28.4. The summed E-state index contributed by atoms with van der Waals surface area (Å²) in [7, 11) is 1.86. The third kappa shape index (κ3) is 9.07. The van der Waals surface area contributed by atoms with Crippen molar-refractivity contribution in [2.45, 2.75) is 56.4 Å². The molecule has 0 aromatic heterocycles. The molecule has 248 valence electrons. The van der Waals surface area contributed by atoms with Crippen LogP contribution in [0.4, 0.5) is 0 Å². The van der Waals surface area contributed by atoms with Gasteiger partial charge in [0.25, 0.3) is 0 Å². The fraction of sp³-hybridized carbons (Fsp3) is 0.263. The van der Waals surface area contributed by atoms with Gasteiger partial charge in [0.1, 0.15) is 23.9 Å². The average molecular weight is 649 g/mol. The molecule has 1 aliphatic rings. The minimum absolute atomic E-state index is 0.0610. The number of aromatic hydroxyl groups is 1.